The molecule has 2 heteroatoms. The maximum absolute atomic E-state index is 3.41. The van der Waals surface area contributed by atoms with E-state index >= 15 is 0 Å². The van der Waals surface area contributed by atoms with Gasteiger partial charge in [-0.25, -0.2) is 0 Å². The molecule has 1 aliphatic rings. The van der Waals surface area contributed by atoms with E-state index in [-0.39, 0.29) is 0 Å². The van der Waals surface area contributed by atoms with Crippen molar-refractivity contribution in [1.82, 2.24) is 0 Å². The second-order valence-electron chi connectivity index (χ2n) is 1.56. The highest BCUT2D eigenvalue weighted by atomic mass is 79.9. The van der Waals surface area contributed by atoms with Crippen LogP contribution in [0.4, 0.5) is 0 Å². The summed E-state index contributed by atoms with van der Waals surface area (Å²) in [6.45, 7) is 0. The average Bonchev–Trinajstić information content (AvgIpc) is 1.31. The summed E-state index contributed by atoms with van der Waals surface area (Å²) < 4.78 is 0. The third kappa shape index (κ3) is 0.909. The molecule has 0 aromatic rings. The quantitative estimate of drug-likeness (QED) is 0.536. The molecule has 1 fully saturated rings. The fraction of sp³-hybridized carbons (Fsp3) is 1.00. The average molecular weight is 167 g/mol. The van der Waals surface area contributed by atoms with Gasteiger partial charge in [-0.2, -0.15) is 11.8 Å². The van der Waals surface area contributed by atoms with Crippen molar-refractivity contribution in [3.63, 3.8) is 0 Å². The molecule has 1 saturated heterocycles. The highest BCUT2D eigenvalue weighted by Crippen LogP contribution is 2.25. The highest BCUT2D eigenvalue weighted by molar-refractivity contribution is 9.09. The van der Waals surface area contributed by atoms with E-state index < -0.39 is 0 Å². The summed E-state index contributed by atoms with van der Waals surface area (Å²) in [6, 6.07) is 0. The fourth-order valence-electron chi connectivity index (χ4n) is 0.374. The minimum atomic E-state index is 0.995. The van der Waals surface area contributed by atoms with Gasteiger partial charge in [-0.15, -0.1) is 0 Å². The minimum absolute atomic E-state index is 0.995. The van der Waals surface area contributed by atoms with Crippen LogP contribution in [-0.4, -0.2) is 16.8 Å². The molecule has 6 heavy (non-hydrogen) atoms. The van der Waals surface area contributed by atoms with Crippen molar-refractivity contribution >= 4 is 27.7 Å². The predicted octanol–water partition coefficient (Wildman–Crippen LogP) is 1.74. The number of rotatable bonds is 1. The highest BCUT2D eigenvalue weighted by Gasteiger charge is 2.15. The number of thioether (sulfide) groups is 1. The first-order valence-corrected chi connectivity index (χ1v) is 4.35. The van der Waals surface area contributed by atoms with Gasteiger partial charge in [0, 0.05) is 5.33 Å². The van der Waals surface area contributed by atoms with Crippen molar-refractivity contribution < 1.29 is 0 Å². The van der Waals surface area contributed by atoms with Crippen LogP contribution in [0.2, 0.25) is 0 Å². The van der Waals surface area contributed by atoms with Crippen LogP contribution < -0.4 is 0 Å². The molecule has 0 aromatic heterocycles. The van der Waals surface area contributed by atoms with Crippen LogP contribution in [0.3, 0.4) is 0 Å². The molecular weight excluding hydrogens is 160 g/mol. The summed E-state index contributed by atoms with van der Waals surface area (Å²) in [4.78, 5) is 0. The lowest BCUT2D eigenvalue weighted by Gasteiger charge is -2.21. The SMILES string of the molecule is BrCC1CSC1. The van der Waals surface area contributed by atoms with E-state index in [9.17, 15) is 0 Å². The Kier molecular flexibility index (Phi) is 1.84. The van der Waals surface area contributed by atoms with E-state index in [2.05, 4.69) is 15.9 Å². The van der Waals surface area contributed by atoms with E-state index in [1.54, 1.807) is 0 Å². The van der Waals surface area contributed by atoms with E-state index in [0.29, 0.717) is 0 Å². The van der Waals surface area contributed by atoms with Crippen LogP contribution in [0.15, 0.2) is 0 Å². The van der Waals surface area contributed by atoms with E-state index in [1.807, 2.05) is 11.8 Å². The summed E-state index contributed by atoms with van der Waals surface area (Å²) in [6.07, 6.45) is 0. The molecule has 0 atom stereocenters. The summed E-state index contributed by atoms with van der Waals surface area (Å²) in [5.74, 6) is 3.76. The Morgan fingerprint density at radius 3 is 2.33 bits per heavy atom. The molecule has 0 radical (unpaired) electrons. The molecule has 36 valence electrons. The second kappa shape index (κ2) is 2.22. The Hall–Kier alpha value is 0.830. The third-order valence-corrected chi connectivity index (χ3v) is 3.26. The van der Waals surface area contributed by atoms with Gasteiger partial charge in [0.15, 0.2) is 0 Å². The van der Waals surface area contributed by atoms with Crippen molar-refractivity contribution in [1.29, 1.82) is 0 Å². The zero-order valence-corrected chi connectivity index (χ0v) is 5.89. The van der Waals surface area contributed by atoms with Crippen LogP contribution in [0.25, 0.3) is 0 Å². The summed E-state index contributed by atoms with van der Waals surface area (Å²) in [5.41, 5.74) is 0. The fourth-order valence-corrected chi connectivity index (χ4v) is 2.24. The smallest absolute Gasteiger partial charge is 0.00754 e. The van der Waals surface area contributed by atoms with Crippen LogP contribution in [0.5, 0.6) is 0 Å². The Labute approximate surface area is 50.8 Å². The standard InChI is InChI=1S/C4H7BrS/c5-1-4-2-6-3-4/h4H,1-3H2. The number of halogens is 1. The van der Waals surface area contributed by atoms with Gasteiger partial charge in [0.25, 0.3) is 0 Å². The summed E-state index contributed by atoms with van der Waals surface area (Å²) in [7, 11) is 0. The second-order valence-corrected chi connectivity index (χ2v) is 3.28. The van der Waals surface area contributed by atoms with Gasteiger partial charge >= 0.3 is 0 Å². The zero-order chi connectivity index (χ0) is 4.41. The number of alkyl halides is 1. The summed E-state index contributed by atoms with van der Waals surface area (Å²) in [5, 5.41) is 1.21. The molecule has 0 amide bonds. The normalized spacial score (nSPS) is 23.5. The monoisotopic (exact) mass is 166 g/mol. The lowest BCUT2D eigenvalue weighted by Crippen LogP contribution is -2.18. The Balaban J connectivity index is 2.01. The Bertz CT molecular complexity index is 40.1. The Morgan fingerprint density at radius 2 is 2.33 bits per heavy atom. The van der Waals surface area contributed by atoms with Gasteiger partial charge in [-0.05, 0) is 17.4 Å². The molecule has 0 aromatic carbocycles. The first-order chi connectivity index (χ1) is 2.93. The lowest BCUT2D eigenvalue weighted by molar-refractivity contribution is 0.742. The van der Waals surface area contributed by atoms with Crippen molar-refractivity contribution in [3.05, 3.63) is 0 Å². The molecule has 1 aliphatic heterocycles. The van der Waals surface area contributed by atoms with E-state index in [0.717, 1.165) is 5.92 Å². The van der Waals surface area contributed by atoms with Crippen molar-refractivity contribution in [2.75, 3.05) is 16.8 Å². The summed E-state index contributed by atoms with van der Waals surface area (Å²) >= 11 is 5.45. The van der Waals surface area contributed by atoms with Crippen molar-refractivity contribution in [2.24, 2.45) is 5.92 Å². The largest absolute Gasteiger partial charge is 0.161 e. The molecule has 0 spiro atoms. The topological polar surface area (TPSA) is 0 Å². The predicted molar refractivity (Wildman–Crippen MR) is 34.6 cm³/mol. The van der Waals surface area contributed by atoms with Crippen LogP contribution in [-0.2, 0) is 0 Å². The van der Waals surface area contributed by atoms with Gasteiger partial charge in [0.05, 0.1) is 0 Å². The van der Waals surface area contributed by atoms with Crippen LogP contribution >= 0.6 is 27.7 Å². The molecular formula is C4H7BrS. The van der Waals surface area contributed by atoms with E-state index in [4.69, 9.17) is 0 Å². The molecule has 0 N–H and O–H groups in total. The van der Waals surface area contributed by atoms with Crippen molar-refractivity contribution in [3.8, 4) is 0 Å². The molecule has 0 bridgehead atoms. The van der Waals surface area contributed by atoms with Crippen molar-refractivity contribution in [2.45, 2.75) is 0 Å². The zero-order valence-electron chi connectivity index (χ0n) is 3.48. The first-order valence-electron chi connectivity index (χ1n) is 2.07. The molecule has 0 aliphatic carbocycles. The van der Waals surface area contributed by atoms with Gasteiger partial charge < -0.3 is 0 Å². The minimum Gasteiger partial charge on any atom is -0.161 e. The molecule has 0 nitrogen and oxygen atoms in total. The lowest BCUT2D eigenvalue weighted by atomic mass is 10.2. The third-order valence-electron chi connectivity index (χ3n) is 0.925. The number of hydrogen-bond acceptors (Lipinski definition) is 1. The molecule has 1 rings (SSSR count). The maximum Gasteiger partial charge on any atom is 0.00754 e. The van der Waals surface area contributed by atoms with Gasteiger partial charge in [-0.3, -0.25) is 0 Å². The molecule has 0 saturated carbocycles. The van der Waals surface area contributed by atoms with Gasteiger partial charge in [-0.1, -0.05) is 15.9 Å². The molecule has 0 unspecified atom stereocenters. The maximum atomic E-state index is 3.41. The van der Waals surface area contributed by atoms with E-state index in [1.165, 1.54) is 16.8 Å². The molecule has 1 heterocycles. The van der Waals surface area contributed by atoms with Gasteiger partial charge in [0.2, 0.25) is 0 Å². The Morgan fingerprint density at radius 1 is 1.67 bits per heavy atom. The van der Waals surface area contributed by atoms with Crippen LogP contribution in [0.1, 0.15) is 0 Å². The van der Waals surface area contributed by atoms with Gasteiger partial charge in [0.1, 0.15) is 0 Å². The number of hydrogen-bond donors (Lipinski definition) is 0. The first kappa shape index (κ1) is 4.98. The van der Waals surface area contributed by atoms with Crippen LogP contribution in [0, 0.1) is 5.92 Å².